The second-order valence-corrected chi connectivity index (χ2v) is 5.71. The van der Waals surface area contributed by atoms with Gasteiger partial charge < -0.3 is 15.0 Å². The standard InChI is InChI=1S/C17H24N2O3/c1-14-7-6-8-15(11-14)18-16(20)12-22-13-17(21)19-9-4-2-3-5-10-19/h6-8,11H,2-5,9-10,12-13H2,1H3,(H,18,20). The smallest absolute Gasteiger partial charge is 0.250 e. The lowest BCUT2D eigenvalue weighted by Crippen LogP contribution is -2.35. The van der Waals surface area contributed by atoms with Crippen LogP contribution < -0.4 is 5.32 Å². The Morgan fingerprint density at radius 2 is 1.86 bits per heavy atom. The van der Waals surface area contributed by atoms with E-state index >= 15 is 0 Å². The Balaban J connectivity index is 1.69. The summed E-state index contributed by atoms with van der Waals surface area (Å²) in [6.45, 7) is 3.44. The molecule has 1 heterocycles. The number of nitrogens with one attached hydrogen (secondary N) is 1. The molecule has 0 spiro atoms. The molecule has 1 aliphatic rings. The Bertz CT molecular complexity index is 508. The van der Waals surface area contributed by atoms with Crippen LogP contribution in [0.25, 0.3) is 0 Å². The van der Waals surface area contributed by atoms with Crippen molar-refractivity contribution in [2.45, 2.75) is 32.6 Å². The minimum absolute atomic E-state index is 0.0229. The fourth-order valence-corrected chi connectivity index (χ4v) is 2.56. The number of likely N-dealkylation sites (tertiary alicyclic amines) is 1. The van der Waals surface area contributed by atoms with E-state index < -0.39 is 0 Å². The van der Waals surface area contributed by atoms with Gasteiger partial charge in [-0.15, -0.1) is 0 Å². The van der Waals surface area contributed by atoms with Gasteiger partial charge in [0.15, 0.2) is 0 Å². The van der Waals surface area contributed by atoms with Crippen LogP contribution in [-0.2, 0) is 14.3 Å². The molecule has 1 aliphatic heterocycles. The van der Waals surface area contributed by atoms with Crippen LogP contribution >= 0.6 is 0 Å². The second kappa shape index (κ2) is 8.54. The molecule has 22 heavy (non-hydrogen) atoms. The van der Waals surface area contributed by atoms with E-state index in [9.17, 15) is 9.59 Å². The minimum Gasteiger partial charge on any atom is -0.362 e. The zero-order valence-corrected chi connectivity index (χ0v) is 13.1. The van der Waals surface area contributed by atoms with E-state index in [4.69, 9.17) is 4.74 Å². The van der Waals surface area contributed by atoms with Gasteiger partial charge >= 0.3 is 0 Å². The van der Waals surface area contributed by atoms with Crippen LogP contribution in [0.3, 0.4) is 0 Å². The van der Waals surface area contributed by atoms with Crippen LogP contribution in [0, 0.1) is 6.92 Å². The van der Waals surface area contributed by atoms with Crippen molar-refractivity contribution in [3.8, 4) is 0 Å². The van der Waals surface area contributed by atoms with Gasteiger partial charge in [-0.1, -0.05) is 25.0 Å². The van der Waals surface area contributed by atoms with E-state index in [-0.39, 0.29) is 25.0 Å². The summed E-state index contributed by atoms with van der Waals surface area (Å²) in [7, 11) is 0. The van der Waals surface area contributed by atoms with E-state index in [1.54, 1.807) is 0 Å². The van der Waals surface area contributed by atoms with Crippen LogP contribution in [0.15, 0.2) is 24.3 Å². The van der Waals surface area contributed by atoms with Crippen LogP contribution in [-0.4, -0.2) is 43.0 Å². The Labute approximate surface area is 131 Å². The van der Waals surface area contributed by atoms with Gasteiger partial charge in [-0.25, -0.2) is 0 Å². The fourth-order valence-electron chi connectivity index (χ4n) is 2.56. The van der Waals surface area contributed by atoms with Crippen molar-refractivity contribution < 1.29 is 14.3 Å². The van der Waals surface area contributed by atoms with Crippen molar-refractivity contribution in [2.75, 3.05) is 31.6 Å². The summed E-state index contributed by atoms with van der Waals surface area (Å²) in [4.78, 5) is 25.6. The average Bonchev–Trinajstić information content (AvgIpc) is 2.76. The molecule has 0 aliphatic carbocycles. The molecule has 0 radical (unpaired) electrons. The monoisotopic (exact) mass is 304 g/mol. The molecule has 5 nitrogen and oxygen atoms in total. The molecule has 1 aromatic rings. The average molecular weight is 304 g/mol. The van der Waals surface area contributed by atoms with Gasteiger partial charge in [0.25, 0.3) is 0 Å². The molecule has 0 unspecified atom stereocenters. The first-order chi connectivity index (χ1) is 10.6. The lowest BCUT2D eigenvalue weighted by Gasteiger charge is -2.20. The van der Waals surface area contributed by atoms with E-state index in [1.165, 1.54) is 12.8 Å². The third-order valence-electron chi connectivity index (χ3n) is 3.72. The normalized spacial score (nSPS) is 15.2. The molecule has 0 saturated carbocycles. The number of benzene rings is 1. The first-order valence-electron chi connectivity index (χ1n) is 7.87. The first-order valence-corrected chi connectivity index (χ1v) is 7.87. The highest BCUT2D eigenvalue weighted by molar-refractivity contribution is 5.92. The van der Waals surface area contributed by atoms with Crippen LogP contribution in [0.1, 0.15) is 31.2 Å². The number of ether oxygens (including phenoxy) is 1. The Morgan fingerprint density at radius 1 is 1.14 bits per heavy atom. The number of rotatable bonds is 5. The van der Waals surface area contributed by atoms with Gasteiger partial charge in [-0.05, 0) is 37.5 Å². The van der Waals surface area contributed by atoms with Crippen molar-refractivity contribution >= 4 is 17.5 Å². The maximum Gasteiger partial charge on any atom is 0.250 e. The summed E-state index contributed by atoms with van der Waals surface area (Å²) in [6, 6.07) is 7.56. The van der Waals surface area contributed by atoms with Crippen molar-refractivity contribution in [3.05, 3.63) is 29.8 Å². The molecule has 0 atom stereocenters. The number of anilines is 1. The summed E-state index contributed by atoms with van der Waals surface area (Å²) in [5.74, 6) is -0.264. The van der Waals surface area contributed by atoms with Crippen LogP contribution in [0.2, 0.25) is 0 Å². The summed E-state index contributed by atoms with van der Waals surface area (Å²) in [5.41, 5.74) is 1.82. The van der Waals surface area contributed by atoms with E-state index in [2.05, 4.69) is 5.32 Å². The number of hydrogen-bond donors (Lipinski definition) is 1. The molecular weight excluding hydrogens is 280 g/mol. The molecule has 2 rings (SSSR count). The molecule has 120 valence electrons. The highest BCUT2D eigenvalue weighted by Gasteiger charge is 2.15. The minimum atomic E-state index is -0.241. The number of carbonyl (C=O) groups excluding carboxylic acids is 2. The first kappa shape index (κ1) is 16.5. The summed E-state index contributed by atoms with van der Waals surface area (Å²) in [6.07, 6.45) is 4.48. The number of nitrogens with zero attached hydrogens (tertiary/aromatic N) is 1. The Kier molecular flexibility index (Phi) is 6.40. The van der Waals surface area contributed by atoms with Gasteiger partial charge in [0.1, 0.15) is 13.2 Å². The largest absolute Gasteiger partial charge is 0.362 e. The molecule has 0 aromatic heterocycles. The van der Waals surface area contributed by atoms with Gasteiger partial charge in [0.2, 0.25) is 11.8 Å². The molecule has 2 amide bonds. The summed E-state index contributed by atoms with van der Waals surface area (Å²) < 4.78 is 5.25. The van der Waals surface area contributed by atoms with E-state index in [1.807, 2.05) is 36.1 Å². The van der Waals surface area contributed by atoms with Crippen molar-refractivity contribution in [3.63, 3.8) is 0 Å². The molecule has 0 bridgehead atoms. The highest BCUT2D eigenvalue weighted by Crippen LogP contribution is 2.10. The lowest BCUT2D eigenvalue weighted by atomic mass is 10.2. The van der Waals surface area contributed by atoms with Crippen molar-refractivity contribution in [1.82, 2.24) is 4.90 Å². The quantitative estimate of drug-likeness (QED) is 0.908. The Morgan fingerprint density at radius 3 is 2.55 bits per heavy atom. The third kappa shape index (κ3) is 5.48. The zero-order chi connectivity index (χ0) is 15.8. The predicted molar refractivity (Wildman–Crippen MR) is 85.7 cm³/mol. The van der Waals surface area contributed by atoms with Crippen molar-refractivity contribution in [1.29, 1.82) is 0 Å². The molecule has 1 fully saturated rings. The maximum absolute atomic E-state index is 12.0. The predicted octanol–water partition coefficient (Wildman–Crippen LogP) is 2.35. The lowest BCUT2D eigenvalue weighted by molar-refractivity contribution is -0.137. The number of amides is 2. The maximum atomic E-state index is 12.0. The second-order valence-electron chi connectivity index (χ2n) is 5.71. The summed E-state index contributed by atoms with van der Waals surface area (Å²) in [5, 5.41) is 2.76. The molecule has 1 N–H and O–H groups in total. The molecular formula is C17H24N2O3. The highest BCUT2D eigenvalue weighted by atomic mass is 16.5. The van der Waals surface area contributed by atoms with Crippen LogP contribution in [0.5, 0.6) is 0 Å². The van der Waals surface area contributed by atoms with Gasteiger partial charge in [0, 0.05) is 18.8 Å². The van der Waals surface area contributed by atoms with E-state index in [0.717, 1.165) is 37.2 Å². The van der Waals surface area contributed by atoms with Gasteiger partial charge in [-0.2, -0.15) is 0 Å². The van der Waals surface area contributed by atoms with Crippen molar-refractivity contribution in [2.24, 2.45) is 0 Å². The van der Waals surface area contributed by atoms with E-state index in [0.29, 0.717) is 0 Å². The topological polar surface area (TPSA) is 58.6 Å². The van der Waals surface area contributed by atoms with Gasteiger partial charge in [-0.3, -0.25) is 9.59 Å². The summed E-state index contributed by atoms with van der Waals surface area (Å²) >= 11 is 0. The third-order valence-corrected chi connectivity index (χ3v) is 3.72. The Hall–Kier alpha value is -1.88. The fraction of sp³-hybridized carbons (Fsp3) is 0.529. The van der Waals surface area contributed by atoms with Crippen LogP contribution in [0.4, 0.5) is 5.69 Å². The molecule has 1 aromatic carbocycles. The molecule has 1 saturated heterocycles. The SMILES string of the molecule is Cc1cccc(NC(=O)COCC(=O)N2CCCCCC2)c1. The number of carbonyl (C=O) groups is 2. The number of hydrogen-bond acceptors (Lipinski definition) is 3. The molecule has 5 heteroatoms. The number of aryl methyl sites for hydroxylation is 1. The van der Waals surface area contributed by atoms with Gasteiger partial charge in [0.05, 0.1) is 0 Å². The zero-order valence-electron chi connectivity index (χ0n) is 13.1.